The van der Waals surface area contributed by atoms with Crippen molar-refractivity contribution >= 4 is 29.7 Å². The van der Waals surface area contributed by atoms with E-state index in [1.807, 2.05) is 0 Å². The molecule has 0 aliphatic rings. The summed E-state index contributed by atoms with van der Waals surface area (Å²) in [6.07, 6.45) is 0.981. The summed E-state index contributed by atoms with van der Waals surface area (Å²) in [7, 11) is 0. The number of carbonyl (C=O) groups is 5. The summed E-state index contributed by atoms with van der Waals surface area (Å²) in [5.74, 6) is -5.15. The van der Waals surface area contributed by atoms with Gasteiger partial charge in [0.15, 0.2) is 6.04 Å². The normalized spacial score (nSPS) is 15.4. The number of hydrogen-bond donors (Lipinski definition) is 8. The van der Waals surface area contributed by atoms with Crippen molar-refractivity contribution in [1.29, 1.82) is 0 Å². The maximum Gasteiger partial charge on any atom is 0.328 e. The number of hydrogen-bond acceptors (Lipinski definition) is 8. The molecule has 5 unspecified atom stereocenters. The third-order valence-electron chi connectivity index (χ3n) is 5.00. The molecule has 1 rings (SSSR count). The molecule has 0 bridgehead atoms. The third-order valence-corrected chi connectivity index (χ3v) is 5.00. The van der Waals surface area contributed by atoms with Crippen LogP contribution in [0.3, 0.4) is 0 Å². The number of rotatable bonds is 15. The molecule has 0 spiro atoms. The standard InChI is InChI=1S/C21H34N6O8/c1-10(2)6-15(20(33)27-17(11(3)28)21(34)35)26-19(32)14(4-5-16(29)30)25-18(31)13(22)7-12-8-23-9-24-12/h8-11,13-15,17,28H,4-7,22H2,1-3H3,(H,23,24)(H,25,31)(H,26,32)(H,27,33)(H,29,30)(H,34,35). The fourth-order valence-corrected chi connectivity index (χ4v) is 3.16. The number of aromatic amines is 1. The van der Waals surface area contributed by atoms with Gasteiger partial charge in [-0.15, -0.1) is 0 Å². The van der Waals surface area contributed by atoms with Crippen LogP contribution in [0.15, 0.2) is 12.5 Å². The van der Waals surface area contributed by atoms with E-state index in [1.54, 1.807) is 13.8 Å². The van der Waals surface area contributed by atoms with E-state index >= 15 is 0 Å². The number of amides is 3. The van der Waals surface area contributed by atoms with Gasteiger partial charge in [0.1, 0.15) is 12.1 Å². The van der Waals surface area contributed by atoms with E-state index < -0.39 is 66.4 Å². The first-order valence-electron chi connectivity index (χ1n) is 11.1. The monoisotopic (exact) mass is 498 g/mol. The first-order valence-corrected chi connectivity index (χ1v) is 11.1. The van der Waals surface area contributed by atoms with E-state index in [2.05, 4.69) is 25.9 Å². The lowest BCUT2D eigenvalue weighted by atomic mass is 10.0. The molecule has 14 nitrogen and oxygen atoms in total. The summed E-state index contributed by atoms with van der Waals surface area (Å²) in [6.45, 7) is 4.74. The number of aliphatic hydroxyl groups excluding tert-OH is 1. The summed E-state index contributed by atoms with van der Waals surface area (Å²) in [6, 6.07) is -5.18. The second kappa shape index (κ2) is 14.0. The number of nitrogens with two attached hydrogens (primary N) is 1. The van der Waals surface area contributed by atoms with E-state index in [9.17, 15) is 34.2 Å². The lowest BCUT2D eigenvalue weighted by Gasteiger charge is -2.26. The highest BCUT2D eigenvalue weighted by Crippen LogP contribution is 2.08. The Kier molecular flexibility index (Phi) is 11.8. The lowest BCUT2D eigenvalue weighted by Crippen LogP contribution is -2.58. The first-order chi connectivity index (χ1) is 16.3. The van der Waals surface area contributed by atoms with Crippen LogP contribution in [0.4, 0.5) is 0 Å². The number of aliphatic carboxylic acids is 2. The highest BCUT2D eigenvalue weighted by molar-refractivity contribution is 5.94. The molecule has 0 saturated heterocycles. The smallest absolute Gasteiger partial charge is 0.328 e. The first kappa shape index (κ1) is 29.5. The maximum atomic E-state index is 13.0. The van der Waals surface area contributed by atoms with E-state index in [-0.39, 0.29) is 25.2 Å². The van der Waals surface area contributed by atoms with Gasteiger partial charge in [-0.3, -0.25) is 19.2 Å². The van der Waals surface area contributed by atoms with Crippen LogP contribution in [-0.4, -0.2) is 85.2 Å². The fourth-order valence-electron chi connectivity index (χ4n) is 3.16. The number of carboxylic acids is 2. The van der Waals surface area contributed by atoms with Crippen molar-refractivity contribution < 1.29 is 39.3 Å². The zero-order chi connectivity index (χ0) is 26.7. The van der Waals surface area contributed by atoms with E-state index in [0.717, 1.165) is 0 Å². The molecule has 196 valence electrons. The number of H-pyrrole nitrogens is 1. The summed E-state index contributed by atoms with van der Waals surface area (Å²) in [4.78, 5) is 67.2. The predicted octanol–water partition coefficient (Wildman–Crippen LogP) is -1.89. The zero-order valence-corrected chi connectivity index (χ0v) is 19.9. The van der Waals surface area contributed by atoms with Gasteiger partial charge in [0.2, 0.25) is 17.7 Å². The van der Waals surface area contributed by atoms with Crippen LogP contribution >= 0.6 is 0 Å². The molecule has 0 fully saturated rings. The molecule has 0 aliphatic heterocycles. The van der Waals surface area contributed by atoms with Crippen molar-refractivity contribution in [3.63, 3.8) is 0 Å². The van der Waals surface area contributed by atoms with Crippen LogP contribution in [0.2, 0.25) is 0 Å². The number of aromatic nitrogens is 2. The highest BCUT2D eigenvalue weighted by Gasteiger charge is 2.32. The quantitative estimate of drug-likeness (QED) is 0.134. The number of nitrogens with one attached hydrogen (secondary N) is 4. The van der Waals surface area contributed by atoms with Crippen molar-refractivity contribution in [2.45, 2.75) is 76.7 Å². The molecule has 14 heteroatoms. The second-order valence-electron chi connectivity index (χ2n) is 8.64. The maximum absolute atomic E-state index is 13.0. The van der Waals surface area contributed by atoms with Gasteiger partial charge in [-0.05, 0) is 25.7 Å². The van der Waals surface area contributed by atoms with E-state index in [0.29, 0.717) is 5.69 Å². The van der Waals surface area contributed by atoms with Gasteiger partial charge < -0.3 is 42.0 Å². The van der Waals surface area contributed by atoms with Crippen LogP contribution in [0.25, 0.3) is 0 Å². The van der Waals surface area contributed by atoms with Gasteiger partial charge in [-0.25, -0.2) is 9.78 Å². The number of nitrogens with zero attached hydrogens (tertiary/aromatic N) is 1. The second-order valence-corrected chi connectivity index (χ2v) is 8.64. The molecule has 0 aliphatic carbocycles. The minimum absolute atomic E-state index is 0.0907. The SMILES string of the molecule is CC(C)CC(NC(=O)C(CCC(=O)O)NC(=O)C(N)Cc1cnc[nH]1)C(=O)NC(C(=O)O)C(C)O. The largest absolute Gasteiger partial charge is 0.481 e. The summed E-state index contributed by atoms with van der Waals surface area (Å²) in [5, 5.41) is 34.9. The topological polar surface area (TPSA) is 237 Å². The van der Waals surface area contributed by atoms with Crippen molar-refractivity contribution in [2.75, 3.05) is 0 Å². The molecule has 35 heavy (non-hydrogen) atoms. The predicted molar refractivity (Wildman–Crippen MR) is 122 cm³/mol. The summed E-state index contributed by atoms with van der Waals surface area (Å²) in [5.41, 5.74) is 6.47. The molecule has 1 aromatic rings. The molecule has 0 saturated carbocycles. The summed E-state index contributed by atoms with van der Waals surface area (Å²) >= 11 is 0. The minimum Gasteiger partial charge on any atom is -0.481 e. The number of imidazole rings is 1. The fraction of sp³-hybridized carbons (Fsp3) is 0.619. The van der Waals surface area contributed by atoms with Crippen molar-refractivity contribution in [1.82, 2.24) is 25.9 Å². The van der Waals surface area contributed by atoms with Gasteiger partial charge in [0.25, 0.3) is 0 Å². The lowest BCUT2D eigenvalue weighted by molar-refractivity contribution is -0.145. The van der Waals surface area contributed by atoms with Crippen LogP contribution in [0.1, 0.15) is 45.7 Å². The number of carbonyl (C=O) groups excluding carboxylic acids is 3. The van der Waals surface area contributed by atoms with Crippen molar-refractivity contribution in [3.05, 3.63) is 18.2 Å². The molecule has 5 atom stereocenters. The zero-order valence-electron chi connectivity index (χ0n) is 19.9. The van der Waals surface area contributed by atoms with Gasteiger partial charge in [-0.1, -0.05) is 13.8 Å². The van der Waals surface area contributed by atoms with Gasteiger partial charge in [-0.2, -0.15) is 0 Å². The van der Waals surface area contributed by atoms with Gasteiger partial charge in [0.05, 0.1) is 18.5 Å². The molecule has 3 amide bonds. The van der Waals surface area contributed by atoms with Gasteiger partial charge in [0, 0.05) is 24.7 Å². The Labute approximate surface area is 202 Å². The Hall–Kier alpha value is -3.52. The average molecular weight is 499 g/mol. The average Bonchev–Trinajstić information content (AvgIpc) is 3.25. The molecule has 9 N–H and O–H groups in total. The van der Waals surface area contributed by atoms with Gasteiger partial charge >= 0.3 is 11.9 Å². The molecule has 0 radical (unpaired) electrons. The third kappa shape index (κ3) is 10.5. The molecular weight excluding hydrogens is 464 g/mol. The van der Waals surface area contributed by atoms with Crippen LogP contribution in [0, 0.1) is 5.92 Å². The Balaban J connectivity index is 2.98. The molecule has 1 heterocycles. The van der Waals surface area contributed by atoms with Crippen molar-refractivity contribution in [3.8, 4) is 0 Å². The Morgan fingerprint density at radius 2 is 1.60 bits per heavy atom. The molecule has 1 aromatic heterocycles. The summed E-state index contributed by atoms with van der Waals surface area (Å²) < 4.78 is 0. The Morgan fingerprint density at radius 3 is 2.09 bits per heavy atom. The van der Waals surface area contributed by atoms with Crippen LogP contribution in [0.5, 0.6) is 0 Å². The van der Waals surface area contributed by atoms with Crippen molar-refractivity contribution in [2.24, 2.45) is 11.7 Å². The van der Waals surface area contributed by atoms with Crippen LogP contribution in [-0.2, 0) is 30.4 Å². The van der Waals surface area contributed by atoms with E-state index in [4.69, 9.17) is 10.8 Å². The Morgan fingerprint density at radius 1 is 1.00 bits per heavy atom. The molecule has 0 aromatic carbocycles. The molecular formula is C21H34N6O8. The number of aliphatic hydroxyl groups is 1. The van der Waals surface area contributed by atoms with E-state index in [1.165, 1.54) is 19.4 Å². The van der Waals surface area contributed by atoms with Crippen LogP contribution < -0.4 is 21.7 Å². The highest BCUT2D eigenvalue weighted by atomic mass is 16.4. The Bertz CT molecular complexity index is 873. The number of carboxylic acid groups (broad SMARTS) is 2. The minimum atomic E-state index is -1.60.